The molecule has 0 aromatic heterocycles. The summed E-state index contributed by atoms with van der Waals surface area (Å²) in [5.74, 6) is -0.0233. The minimum atomic E-state index is -0.386. The molecule has 2 atom stereocenters. The molecule has 1 aromatic rings. The Morgan fingerprint density at radius 3 is 2.63 bits per heavy atom. The monoisotopic (exact) mass is 372 g/mol. The fourth-order valence-electron chi connectivity index (χ4n) is 4.01. The first-order valence-corrected chi connectivity index (χ1v) is 9.51. The zero-order valence-corrected chi connectivity index (χ0v) is 16.0. The van der Waals surface area contributed by atoms with Crippen LogP contribution in [0.15, 0.2) is 23.3 Å². The molecular weight excluding hydrogens is 344 g/mol. The number of hydrogen-bond donors (Lipinski definition) is 3. The summed E-state index contributed by atoms with van der Waals surface area (Å²) in [6.07, 6.45) is 3.47. The van der Waals surface area contributed by atoms with Gasteiger partial charge in [-0.05, 0) is 57.0 Å². The fourth-order valence-corrected chi connectivity index (χ4v) is 4.01. The molecule has 2 aliphatic heterocycles. The molecule has 3 rings (SSSR count). The first kappa shape index (κ1) is 19.3. The van der Waals surface area contributed by atoms with Gasteiger partial charge >= 0.3 is 0 Å². The van der Waals surface area contributed by atoms with Gasteiger partial charge < -0.3 is 15.5 Å². The molecule has 27 heavy (non-hydrogen) atoms. The van der Waals surface area contributed by atoms with Crippen molar-refractivity contribution >= 4 is 23.2 Å². The van der Waals surface area contributed by atoms with Gasteiger partial charge in [-0.1, -0.05) is 6.07 Å². The van der Waals surface area contributed by atoms with Crippen molar-refractivity contribution in [2.24, 2.45) is 5.11 Å². The largest absolute Gasteiger partial charge is 0.386 e. The summed E-state index contributed by atoms with van der Waals surface area (Å²) >= 11 is 0. The van der Waals surface area contributed by atoms with Gasteiger partial charge in [0.1, 0.15) is 11.7 Å². The minimum absolute atomic E-state index is 0.0846. The van der Waals surface area contributed by atoms with Gasteiger partial charge in [-0.25, -0.2) is 5.53 Å². The van der Waals surface area contributed by atoms with Crippen LogP contribution in [0.25, 0.3) is 0 Å². The highest BCUT2D eigenvalue weighted by molar-refractivity contribution is 5.90. The average molecular weight is 372 g/mol. The van der Waals surface area contributed by atoms with Crippen LogP contribution in [0.3, 0.4) is 0 Å². The van der Waals surface area contributed by atoms with Crippen LogP contribution in [0.5, 0.6) is 0 Å². The number of benzene rings is 1. The van der Waals surface area contributed by atoms with Gasteiger partial charge in [0.25, 0.3) is 0 Å². The number of likely N-dealkylation sites (N-methyl/N-ethyl adjacent to an activating group) is 1. The first-order valence-electron chi connectivity index (χ1n) is 9.51. The lowest BCUT2D eigenvalue weighted by Gasteiger charge is -2.29. The number of carbonyl (C=O) groups excluding carboxylic acids is 2. The van der Waals surface area contributed by atoms with Gasteiger partial charge in [0.05, 0.1) is 11.7 Å². The predicted molar refractivity (Wildman–Crippen MR) is 103 cm³/mol. The van der Waals surface area contributed by atoms with Gasteiger partial charge in [-0.3, -0.25) is 14.5 Å². The van der Waals surface area contributed by atoms with Crippen LogP contribution in [0.4, 0.5) is 11.4 Å². The Kier molecular flexibility index (Phi) is 6.05. The van der Waals surface area contributed by atoms with E-state index in [1.54, 1.807) is 18.0 Å². The van der Waals surface area contributed by atoms with Gasteiger partial charge in [-0.2, -0.15) is 5.11 Å². The summed E-state index contributed by atoms with van der Waals surface area (Å²) in [6.45, 7) is 1.94. The molecular formula is C19H28N6O2. The van der Waals surface area contributed by atoms with Crippen molar-refractivity contribution in [3.05, 3.63) is 23.8 Å². The summed E-state index contributed by atoms with van der Waals surface area (Å²) in [5, 5.41) is 9.44. The van der Waals surface area contributed by atoms with E-state index in [2.05, 4.69) is 20.6 Å². The van der Waals surface area contributed by atoms with E-state index >= 15 is 0 Å². The minimum Gasteiger partial charge on any atom is -0.386 e. The van der Waals surface area contributed by atoms with Gasteiger partial charge in [-0.15, -0.1) is 0 Å². The molecule has 2 saturated heterocycles. The molecule has 8 nitrogen and oxygen atoms in total. The van der Waals surface area contributed by atoms with Crippen LogP contribution in [0.1, 0.15) is 31.2 Å². The highest BCUT2D eigenvalue weighted by Crippen LogP contribution is 2.26. The lowest BCUT2D eigenvalue weighted by Crippen LogP contribution is -2.51. The average Bonchev–Trinajstić information content (AvgIpc) is 3.34. The van der Waals surface area contributed by atoms with E-state index in [-0.39, 0.29) is 23.9 Å². The smallest absolute Gasteiger partial charge is 0.243 e. The number of anilines is 1. The molecule has 2 heterocycles. The molecule has 146 valence electrons. The highest BCUT2D eigenvalue weighted by Gasteiger charge is 2.39. The second kappa shape index (κ2) is 8.47. The molecule has 8 heteroatoms. The lowest BCUT2D eigenvalue weighted by molar-refractivity contribution is -0.141. The topological polar surface area (TPSA) is 101 Å². The van der Waals surface area contributed by atoms with Gasteiger partial charge in [0.15, 0.2) is 0 Å². The van der Waals surface area contributed by atoms with Crippen LogP contribution >= 0.6 is 0 Å². The second-order valence-corrected chi connectivity index (χ2v) is 7.26. The zero-order valence-electron chi connectivity index (χ0n) is 16.0. The van der Waals surface area contributed by atoms with Crippen LogP contribution in [-0.2, 0) is 16.1 Å². The van der Waals surface area contributed by atoms with E-state index in [4.69, 9.17) is 5.53 Å². The summed E-state index contributed by atoms with van der Waals surface area (Å²) in [4.78, 5) is 29.4. The number of rotatable bonds is 6. The van der Waals surface area contributed by atoms with E-state index in [1.165, 1.54) is 0 Å². The van der Waals surface area contributed by atoms with Crippen LogP contribution in [0, 0.1) is 5.53 Å². The third-order valence-electron chi connectivity index (χ3n) is 5.56. The van der Waals surface area contributed by atoms with Crippen molar-refractivity contribution in [1.29, 1.82) is 5.53 Å². The van der Waals surface area contributed by atoms with Crippen molar-refractivity contribution in [2.75, 3.05) is 32.5 Å². The highest BCUT2D eigenvalue weighted by atomic mass is 16.2. The van der Waals surface area contributed by atoms with Crippen molar-refractivity contribution < 1.29 is 9.59 Å². The third kappa shape index (κ3) is 4.10. The Morgan fingerprint density at radius 1 is 1.22 bits per heavy atom. The Balaban J connectivity index is 1.61. The molecule has 0 bridgehead atoms. The van der Waals surface area contributed by atoms with E-state index < -0.39 is 0 Å². The zero-order chi connectivity index (χ0) is 19.4. The Hall–Kier alpha value is -2.48. The van der Waals surface area contributed by atoms with Crippen LogP contribution < -0.4 is 10.6 Å². The SMILES string of the molecule is CNc1ccc(CNC(=O)C2CCCN2C(=O)[C@H]2CCCN2C)cc1N=N. The number of carbonyl (C=O) groups is 2. The molecule has 3 N–H and O–H groups in total. The normalized spacial score (nSPS) is 22.7. The maximum Gasteiger partial charge on any atom is 0.243 e. The van der Waals surface area contributed by atoms with Crippen LogP contribution in [-0.4, -0.2) is 60.9 Å². The van der Waals surface area contributed by atoms with Crippen molar-refractivity contribution in [3.63, 3.8) is 0 Å². The van der Waals surface area contributed by atoms with E-state index in [0.29, 0.717) is 25.2 Å². The first-order chi connectivity index (χ1) is 13.0. The Morgan fingerprint density at radius 2 is 1.96 bits per heavy atom. The third-order valence-corrected chi connectivity index (χ3v) is 5.56. The fraction of sp³-hybridized carbons (Fsp3) is 0.579. The van der Waals surface area contributed by atoms with E-state index in [9.17, 15) is 9.59 Å². The molecule has 0 spiro atoms. The number of likely N-dealkylation sites (tertiary alicyclic amines) is 2. The van der Waals surface area contributed by atoms with Crippen molar-refractivity contribution in [2.45, 2.75) is 44.3 Å². The Bertz CT molecular complexity index is 722. The maximum atomic E-state index is 12.9. The molecule has 0 aliphatic carbocycles. The Labute approximate surface area is 159 Å². The molecule has 1 aromatic carbocycles. The van der Waals surface area contributed by atoms with Crippen molar-refractivity contribution in [1.82, 2.24) is 15.1 Å². The summed E-state index contributed by atoms with van der Waals surface area (Å²) in [7, 11) is 3.75. The molecule has 1 unspecified atom stereocenters. The summed E-state index contributed by atoms with van der Waals surface area (Å²) < 4.78 is 0. The summed E-state index contributed by atoms with van der Waals surface area (Å²) in [6, 6.07) is 5.05. The number of nitrogens with zero attached hydrogens (tertiary/aromatic N) is 3. The van der Waals surface area contributed by atoms with Crippen LogP contribution in [0.2, 0.25) is 0 Å². The quantitative estimate of drug-likeness (QED) is 0.666. The number of nitrogens with one attached hydrogen (secondary N) is 3. The molecule has 2 amide bonds. The van der Waals surface area contributed by atoms with Gasteiger partial charge in [0.2, 0.25) is 11.8 Å². The predicted octanol–water partition coefficient (Wildman–Crippen LogP) is 2.09. The van der Waals surface area contributed by atoms with Crippen molar-refractivity contribution in [3.8, 4) is 0 Å². The molecule has 0 radical (unpaired) electrons. The van der Waals surface area contributed by atoms with E-state index in [1.807, 2.05) is 19.2 Å². The second-order valence-electron chi connectivity index (χ2n) is 7.26. The number of amides is 2. The maximum absolute atomic E-state index is 12.9. The standard InChI is InChI=1S/C19H28N6O2/c1-21-14-8-7-13(11-15(14)23-20)12-22-18(26)16-5-4-10-25(16)19(27)17-6-3-9-24(17)2/h7-8,11,16-17,20-21H,3-6,9-10,12H2,1-2H3,(H,22,26)/t16?,17-/m1/s1. The molecule has 2 fully saturated rings. The van der Waals surface area contributed by atoms with Gasteiger partial charge in [0, 0.05) is 20.1 Å². The molecule has 2 aliphatic rings. The summed E-state index contributed by atoms with van der Waals surface area (Å²) in [5.41, 5.74) is 9.44. The molecule has 0 saturated carbocycles. The van der Waals surface area contributed by atoms with E-state index in [0.717, 1.165) is 37.1 Å². The lowest BCUT2D eigenvalue weighted by atomic mass is 10.1. The number of hydrogen-bond acceptors (Lipinski definition) is 6.